The molecule has 1 unspecified atom stereocenters. The van der Waals surface area contributed by atoms with E-state index in [-0.39, 0.29) is 5.91 Å². The Balaban J connectivity index is 1.54. The molecule has 6 heteroatoms. The minimum absolute atomic E-state index is 0.0676. The van der Waals surface area contributed by atoms with Gasteiger partial charge in [0, 0.05) is 23.6 Å². The summed E-state index contributed by atoms with van der Waals surface area (Å²) >= 11 is 0. The Hall–Kier alpha value is -3.54. The van der Waals surface area contributed by atoms with Crippen LogP contribution < -0.4 is 19.7 Å². The number of fused-ring (bicyclic) bond motifs is 2. The second-order valence-corrected chi connectivity index (χ2v) is 6.85. The Morgan fingerprint density at radius 2 is 1.82 bits per heavy atom. The van der Waals surface area contributed by atoms with Gasteiger partial charge in [-0.25, -0.2) is 0 Å². The molecule has 1 aromatic heterocycles. The second kappa shape index (κ2) is 6.56. The van der Waals surface area contributed by atoms with Gasteiger partial charge in [-0.3, -0.25) is 14.7 Å². The zero-order chi connectivity index (χ0) is 19.1. The van der Waals surface area contributed by atoms with E-state index in [9.17, 15) is 4.79 Å². The van der Waals surface area contributed by atoms with Crippen molar-refractivity contribution in [2.75, 3.05) is 23.4 Å². The van der Waals surface area contributed by atoms with Gasteiger partial charge in [0.2, 0.25) is 0 Å². The number of benzene rings is 2. The Labute approximate surface area is 162 Å². The van der Waals surface area contributed by atoms with Crippen molar-refractivity contribution in [3.8, 4) is 11.5 Å². The van der Waals surface area contributed by atoms with Gasteiger partial charge in [0.25, 0.3) is 5.91 Å². The van der Waals surface area contributed by atoms with Gasteiger partial charge in [-0.05, 0) is 43.3 Å². The summed E-state index contributed by atoms with van der Waals surface area (Å²) in [4.78, 5) is 19.3. The fourth-order valence-corrected chi connectivity index (χ4v) is 3.58. The smallest absolute Gasteiger partial charge is 0.262 e. The highest BCUT2D eigenvalue weighted by molar-refractivity contribution is 6.11. The van der Waals surface area contributed by atoms with E-state index >= 15 is 0 Å². The highest BCUT2D eigenvalue weighted by atomic mass is 16.6. The van der Waals surface area contributed by atoms with Crippen molar-refractivity contribution in [2.24, 2.45) is 0 Å². The van der Waals surface area contributed by atoms with E-state index < -0.39 is 6.17 Å². The number of aromatic nitrogens is 1. The molecule has 0 bridgehead atoms. The van der Waals surface area contributed by atoms with Crippen LogP contribution in [0.3, 0.4) is 0 Å². The molecule has 0 fully saturated rings. The average Bonchev–Trinajstić information content (AvgIpc) is 3.01. The maximum absolute atomic E-state index is 13.1. The van der Waals surface area contributed by atoms with E-state index in [1.807, 2.05) is 55.5 Å². The molecule has 2 aliphatic heterocycles. The van der Waals surface area contributed by atoms with E-state index in [4.69, 9.17) is 9.47 Å². The molecule has 6 nitrogen and oxygen atoms in total. The monoisotopic (exact) mass is 373 g/mol. The highest BCUT2D eigenvalue weighted by Gasteiger charge is 2.39. The molecular formula is C22H19N3O3. The van der Waals surface area contributed by atoms with E-state index in [0.717, 1.165) is 22.7 Å². The number of aryl methyl sites for hydroxylation is 1. The number of ether oxygens (including phenoxy) is 2. The summed E-state index contributed by atoms with van der Waals surface area (Å²) < 4.78 is 11.3. The number of pyridine rings is 1. The lowest BCUT2D eigenvalue weighted by atomic mass is 10.2. The number of carbonyl (C=O) groups excluding carboxylic acids is 1. The van der Waals surface area contributed by atoms with Crippen LogP contribution in [-0.4, -0.2) is 24.1 Å². The molecule has 2 aromatic carbocycles. The van der Waals surface area contributed by atoms with Gasteiger partial charge in [0.1, 0.15) is 13.2 Å². The fourth-order valence-electron chi connectivity index (χ4n) is 3.58. The third-order valence-electron chi connectivity index (χ3n) is 4.96. The third kappa shape index (κ3) is 2.74. The van der Waals surface area contributed by atoms with Crippen LogP contribution in [0.15, 0.2) is 60.8 Å². The zero-order valence-corrected chi connectivity index (χ0v) is 15.4. The first-order valence-corrected chi connectivity index (χ1v) is 9.22. The van der Waals surface area contributed by atoms with E-state index in [1.54, 1.807) is 17.2 Å². The van der Waals surface area contributed by atoms with Gasteiger partial charge in [-0.15, -0.1) is 0 Å². The molecule has 1 amide bonds. The van der Waals surface area contributed by atoms with Crippen LogP contribution in [0.1, 0.15) is 27.8 Å². The topological polar surface area (TPSA) is 63.7 Å². The van der Waals surface area contributed by atoms with Crippen molar-refractivity contribution in [3.63, 3.8) is 0 Å². The SMILES string of the molecule is Cc1ccc(N2C(=O)c3cccnc3C2Nc2ccc3c(c2)OCCO3)cc1. The summed E-state index contributed by atoms with van der Waals surface area (Å²) in [5.74, 6) is 1.36. The summed E-state index contributed by atoms with van der Waals surface area (Å²) in [6.07, 6.45) is 1.30. The number of anilines is 2. The summed E-state index contributed by atoms with van der Waals surface area (Å²) in [6, 6.07) is 17.2. The second-order valence-electron chi connectivity index (χ2n) is 6.85. The van der Waals surface area contributed by atoms with Crippen LogP contribution in [0.25, 0.3) is 0 Å². The molecule has 5 rings (SSSR count). The van der Waals surface area contributed by atoms with Crippen molar-refractivity contribution in [3.05, 3.63) is 77.6 Å². The standard InChI is InChI=1S/C22H19N3O3/c1-14-4-7-16(8-5-14)25-21(20-17(22(25)26)3-2-10-23-20)24-15-6-9-18-19(13-15)28-12-11-27-18/h2-10,13,21,24H,11-12H2,1H3. The lowest BCUT2D eigenvalue weighted by Gasteiger charge is -2.27. The summed E-state index contributed by atoms with van der Waals surface area (Å²) in [5.41, 5.74) is 4.12. The Kier molecular flexibility index (Phi) is 3.90. The normalized spacial score (nSPS) is 17.4. The number of rotatable bonds is 3. The van der Waals surface area contributed by atoms with Crippen LogP contribution in [0, 0.1) is 6.92 Å². The van der Waals surface area contributed by atoms with Crippen molar-refractivity contribution < 1.29 is 14.3 Å². The van der Waals surface area contributed by atoms with Gasteiger partial charge in [0.15, 0.2) is 17.7 Å². The maximum atomic E-state index is 13.1. The van der Waals surface area contributed by atoms with Crippen molar-refractivity contribution in [1.29, 1.82) is 0 Å². The van der Waals surface area contributed by atoms with Crippen molar-refractivity contribution >= 4 is 17.3 Å². The molecule has 0 aliphatic carbocycles. The average molecular weight is 373 g/mol. The predicted octanol–water partition coefficient (Wildman–Crippen LogP) is 3.93. The molecule has 2 aliphatic rings. The minimum Gasteiger partial charge on any atom is -0.486 e. The van der Waals surface area contributed by atoms with Crippen LogP contribution in [-0.2, 0) is 0 Å². The highest BCUT2D eigenvalue weighted by Crippen LogP contribution is 2.39. The number of amides is 1. The molecule has 1 N–H and O–H groups in total. The predicted molar refractivity (Wildman–Crippen MR) is 106 cm³/mol. The number of nitrogens with zero attached hydrogens (tertiary/aromatic N) is 2. The zero-order valence-electron chi connectivity index (χ0n) is 15.4. The molecule has 0 radical (unpaired) electrons. The molecule has 0 saturated heterocycles. The number of hydrogen-bond acceptors (Lipinski definition) is 5. The van der Waals surface area contributed by atoms with Crippen LogP contribution in [0.4, 0.5) is 11.4 Å². The first-order chi connectivity index (χ1) is 13.7. The first kappa shape index (κ1) is 16.6. The summed E-state index contributed by atoms with van der Waals surface area (Å²) in [5, 5.41) is 3.45. The number of nitrogens with one attached hydrogen (secondary N) is 1. The van der Waals surface area contributed by atoms with E-state index in [0.29, 0.717) is 30.2 Å². The van der Waals surface area contributed by atoms with Crippen LogP contribution >= 0.6 is 0 Å². The largest absolute Gasteiger partial charge is 0.486 e. The lowest BCUT2D eigenvalue weighted by Crippen LogP contribution is -2.32. The first-order valence-electron chi connectivity index (χ1n) is 9.22. The maximum Gasteiger partial charge on any atom is 0.262 e. The van der Waals surface area contributed by atoms with Crippen molar-refractivity contribution in [2.45, 2.75) is 13.1 Å². The van der Waals surface area contributed by atoms with Gasteiger partial charge >= 0.3 is 0 Å². The fraction of sp³-hybridized carbons (Fsp3) is 0.182. The Bertz CT molecular complexity index is 1050. The van der Waals surface area contributed by atoms with Crippen molar-refractivity contribution in [1.82, 2.24) is 4.98 Å². The molecule has 0 spiro atoms. The van der Waals surface area contributed by atoms with Gasteiger partial charge in [0.05, 0.1) is 11.3 Å². The Morgan fingerprint density at radius 3 is 2.64 bits per heavy atom. The van der Waals surface area contributed by atoms with E-state index in [2.05, 4.69) is 10.3 Å². The molecule has 140 valence electrons. The van der Waals surface area contributed by atoms with Crippen LogP contribution in [0.2, 0.25) is 0 Å². The molecule has 3 aromatic rings. The Morgan fingerprint density at radius 1 is 1.04 bits per heavy atom. The summed E-state index contributed by atoms with van der Waals surface area (Å²) in [7, 11) is 0. The lowest BCUT2D eigenvalue weighted by molar-refractivity contribution is 0.0993. The molecule has 1 atom stereocenters. The number of hydrogen-bond donors (Lipinski definition) is 1. The van der Waals surface area contributed by atoms with Gasteiger partial charge in [-0.2, -0.15) is 0 Å². The molecular weight excluding hydrogens is 354 g/mol. The quantitative estimate of drug-likeness (QED) is 0.754. The van der Waals surface area contributed by atoms with Crippen LogP contribution in [0.5, 0.6) is 11.5 Å². The molecule has 0 saturated carbocycles. The third-order valence-corrected chi connectivity index (χ3v) is 4.96. The minimum atomic E-state index is -0.408. The summed E-state index contributed by atoms with van der Waals surface area (Å²) in [6.45, 7) is 3.10. The number of carbonyl (C=O) groups is 1. The van der Waals surface area contributed by atoms with E-state index in [1.165, 1.54) is 0 Å². The molecule has 3 heterocycles. The van der Waals surface area contributed by atoms with Gasteiger partial charge in [-0.1, -0.05) is 17.7 Å². The van der Waals surface area contributed by atoms with Gasteiger partial charge < -0.3 is 14.8 Å². The molecule has 28 heavy (non-hydrogen) atoms.